The Morgan fingerprint density at radius 2 is 1.66 bits per heavy atom. The molecule has 0 aliphatic carbocycles. The summed E-state index contributed by atoms with van der Waals surface area (Å²) < 4.78 is 28.4. The van der Waals surface area contributed by atoms with Gasteiger partial charge in [0.15, 0.2) is 9.84 Å². The molecule has 0 saturated carbocycles. The van der Waals surface area contributed by atoms with Crippen LogP contribution in [0.15, 0.2) is 72.8 Å². The van der Waals surface area contributed by atoms with Crippen LogP contribution in [0.1, 0.15) is 33.2 Å². The van der Waals surface area contributed by atoms with E-state index in [0.717, 1.165) is 11.8 Å². The molecule has 0 bridgehead atoms. The minimum absolute atomic E-state index is 0.128. The minimum atomic E-state index is -3.19. The molecule has 32 heavy (non-hydrogen) atoms. The maximum atomic E-state index is 13.0. The number of esters is 1. The number of aryl methyl sites for hydroxylation is 1. The number of ether oxygens (including phenoxy) is 1. The number of hydrogen-bond acceptors (Lipinski definition) is 5. The molecular formula is C24H22ClNO5S. The molecule has 1 N–H and O–H groups in total. The number of amides is 1. The molecule has 0 aromatic heterocycles. The number of hydrogen-bond donors (Lipinski definition) is 1. The first kappa shape index (κ1) is 23.5. The van der Waals surface area contributed by atoms with E-state index in [2.05, 4.69) is 5.32 Å². The summed E-state index contributed by atoms with van der Waals surface area (Å²) in [4.78, 5) is 25.7. The molecule has 8 heteroatoms. The zero-order valence-electron chi connectivity index (χ0n) is 17.5. The average molecular weight is 472 g/mol. The molecule has 6 nitrogen and oxygen atoms in total. The standard InChI is InChI=1S/C24H22ClNO5S/c1-16-8-13-20(14-21(16)25)26-23(27)22(18-6-4-3-5-7-18)31-24(28)19-11-9-17(10-12-19)15-32(2,29)30/h3-14,22H,15H2,1-2H3,(H,26,27). The molecule has 0 spiro atoms. The first-order valence-electron chi connectivity index (χ1n) is 9.72. The first-order valence-corrected chi connectivity index (χ1v) is 12.2. The summed E-state index contributed by atoms with van der Waals surface area (Å²) in [5, 5.41) is 3.24. The number of halogens is 1. The van der Waals surface area contributed by atoms with Crippen molar-refractivity contribution in [3.05, 3.63) is 100 Å². The summed E-state index contributed by atoms with van der Waals surface area (Å²) in [6, 6.07) is 19.8. The van der Waals surface area contributed by atoms with E-state index < -0.39 is 27.8 Å². The Bertz CT molecular complexity index is 1230. The Kier molecular flexibility index (Phi) is 7.33. The van der Waals surface area contributed by atoms with Crippen molar-refractivity contribution in [1.82, 2.24) is 0 Å². The van der Waals surface area contributed by atoms with Gasteiger partial charge >= 0.3 is 5.97 Å². The van der Waals surface area contributed by atoms with Gasteiger partial charge < -0.3 is 10.1 Å². The van der Waals surface area contributed by atoms with Gasteiger partial charge in [-0.3, -0.25) is 4.79 Å². The second-order valence-corrected chi connectivity index (χ2v) is 9.96. The van der Waals surface area contributed by atoms with Crippen LogP contribution in [0.4, 0.5) is 5.69 Å². The van der Waals surface area contributed by atoms with E-state index >= 15 is 0 Å². The van der Waals surface area contributed by atoms with Gasteiger partial charge in [0, 0.05) is 22.5 Å². The van der Waals surface area contributed by atoms with Gasteiger partial charge in [-0.05, 0) is 42.3 Å². The maximum Gasteiger partial charge on any atom is 0.339 e. The van der Waals surface area contributed by atoms with E-state index in [1.54, 1.807) is 60.7 Å². The Labute approximate surface area is 192 Å². The third kappa shape index (κ3) is 6.42. The molecule has 0 heterocycles. The van der Waals surface area contributed by atoms with Crippen LogP contribution in [0.2, 0.25) is 5.02 Å². The van der Waals surface area contributed by atoms with Gasteiger partial charge in [-0.15, -0.1) is 0 Å². The van der Waals surface area contributed by atoms with Crippen LogP contribution in [0.5, 0.6) is 0 Å². The van der Waals surface area contributed by atoms with Gasteiger partial charge in [-0.25, -0.2) is 13.2 Å². The van der Waals surface area contributed by atoms with Gasteiger partial charge in [0.25, 0.3) is 5.91 Å². The van der Waals surface area contributed by atoms with E-state index in [9.17, 15) is 18.0 Å². The molecule has 0 radical (unpaired) electrons. The van der Waals surface area contributed by atoms with Crippen LogP contribution >= 0.6 is 11.6 Å². The second-order valence-electron chi connectivity index (χ2n) is 7.42. The quantitative estimate of drug-likeness (QED) is 0.503. The Balaban J connectivity index is 1.80. The smallest absolute Gasteiger partial charge is 0.339 e. The Morgan fingerprint density at radius 1 is 1.00 bits per heavy atom. The lowest BCUT2D eigenvalue weighted by molar-refractivity contribution is -0.125. The largest absolute Gasteiger partial charge is 0.444 e. The summed E-state index contributed by atoms with van der Waals surface area (Å²) >= 11 is 6.14. The van der Waals surface area contributed by atoms with Crippen molar-refractivity contribution in [3.8, 4) is 0 Å². The van der Waals surface area contributed by atoms with E-state index in [1.165, 1.54) is 12.1 Å². The number of carbonyl (C=O) groups is 2. The number of benzene rings is 3. The number of carbonyl (C=O) groups excluding carboxylic acids is 2. The zero-order chi connectivity index (χ0) is 23.3. The molecular weight excluding hydrogens is 450 g/mol. The van der Waals surface area contributed by atoms with E-state index in [-0.39, 0.29) is 11.3 Å². The van der Waals surface area contributed by atoms with Crippen LogP contribution in [0.3, 0.4) is 0 Å². The van der Waals surface area contributed by atoms with Crippen LogP contribution in [-0.2, 0) is 25.1 Å². The third-order valence-corrected chi connectivity index (χ3v) is 5.89. The monoisotopic (exact) mass is 471 g/mol. The summed E-state index contributed by atoms with van der Waals surface area (Å²) in [6.45, 7) is 1.85. The van der Waals surface area contributed by atoms with E-state index in [0.29, 0.717) is 21.8 Å². The summed E-state index contributed by atoms with van der Waals surface area (Å²) in [6.07, 6.45) is -0.0566. The highest BCUT2D eigenvalue weighted by Gasteiger charge is 2.26. The molecule has 0 aliphatic heterocycles. The Hall–Kier alpha value is -3.16. The molecule has 0 saturated heterocycles. The van der Waals surface area contributed by atoms with E-state index in [1.807, 2.05) is 6.92 Å². The van der Waals surface area contributed by atoms with Crippen LogP contribution < -0.4 is 5.32 Å². The maximum absolute atomic E-state index is 13.0. The van der Waals surface area contributed by atoms with Crippen LogP contribution in [0, 0.1) is 6.92 Å². The first-order chi connectivity index (χ1) is 15.1. The number of nitrogens with one attached hydrogen (secondary N) is 1. The molecule has 1 amide bonds. The zero-order valence-corrected chi connectivity index (χ0v) is 19.1. The molecule has 1 unspecified atom stereocenters. The minimum Gasteiger partial charge on any atom is -0.444 e. The highest BCUT2D eigenvalue weighted by molar-refractivity contribution is 7.89. The van der Waals surface area contributed by atoms with Gasteiger partial charge in [0.1, 0.15) is 0 Å². The van der Waals surface area contributed by atoms with Crippen molar-refractivity contribution >= 4 is 39.0 Å². The highest BCUT2D eigenvalue weighted by Crippen LogP contribution is 2.24. The molecule has 0 aliphatic rings. The van der Waals surface area contributed by atoms with Gasteiger partial charge in [0.2, 0.25) is 6.10 Å². The molecule has 3 aromatic rings. The van der Waals surface area contributed by atoms with Crippen molar-refractivity contribution in [3.63, 3.8) is 0 Å². The normalized spacial score (nSPS) is 12.1. The van der Waals surface area contributed by atoms with Gasteiger partial charge in [0.05, 0.1) is 11.3 Å². The number of rotatable bonds is 7. The molecule has 3 aromatic carbocycles. The van der Waals surface area contributed by atoms with Crippen LogP contribution in [0.25, 0.3) is 0 Å². The average Bonchev–Trinajstić information content (AvgIpc) is 2.74. The predicted molar refractivity (Wildman–Crippen MR) is 124 cm³/mol. The fourth-order valence-corrected chi connectivity index (χ4v) is 3.97. The predicted octanol–water partition coefficient (Wildman–Crippen LogP) is 4.73. The fraction of sp³-hybridized carbons (Fsp3) is 0.167. The molecule has 166 valence electrons. The SMILES string of the molecule is Cc1ccc(NC(=O)C(OC(=O)c2ccc(CS(C)(=O)=O)cc2)c2ccccc2)cc1Cl. The Morgan fingerprint density at radius 3 is 2.25 bits per heavy atom. The lowest BCUT2D eigenvalue weighted by Crippen LogP contribution is -2.26. The van der Waals surface area contributed by atoms with Crippen molar-refractivity contribution in [2.24, 2.45) is 0 Å². The summed E-state index contributed by atoms with van der Waals surface area (Å²) in [5.41, 5.74) is 2.61. The fourth-order valence-electron chi connectivity index (χ4n) is 2.99. The van der Waals surface area contributed by atoms with Crippen LogP contribution in [-0.4, -0.2) is 26.6 Å². The topological polar surface area (TPSA) is 89.5 Å². The molecule has 3 rings (SSSR count). The van der Waals surface area contributed by atoms with Crippen molar-refractivity contribution < 1.29 is 22.7 Å². The number of sulfone groups is 1. The second kappa shape index (κ2) is 9.97. The number of anilines is 1. The lowest BCUT2D eigenvalue weighted by Gasteiger charge is -2.18. The van der Waals surface area contributed by atoms with Gasteiger partial charge in [-0.2, -0.15) is 0 Å². The van der Waals surface area contributed by atoms with Crippen molar-refractivity contribution in [2.75, 3.05) is 11.6 Å². The summed E-state index contributed by atoms with van der Waals surface area (Å²) in [7, 11) is -3.19. The third-order valence-electron chi connectivity index (χ3n) is 4.62. The van der Waals surface area contributed by atoms with Gasteiger partial charge in [-0.1, -0.05) is 60.1 Å². The van der Waals surface area contributed by atoms with Crippen molar-refractivity contribution in [2.45, 2.75) is 18.8 Å². The molecule has 1 atom stereocenters. The van der Waals surface area contributed by atoms with E-state index in [4.69, 9.17) is 16.3 Å². The highest BCUT2D eigenvalue weighted by atomic mass is 35.5. The summed E-state index contributed by atoms with van der Waals surface area (Å²) in [5.74, 6) is -1.36. The van der Waals surface area contributed by atoms with Crippen molar-refractivity contribution in [1.29, 1.82) is 0 Å². The molecule has 0 fully saturated rings. The lowest BCUT2D eigenvalue weighted by atomic mass is 10.1.